The lowest BCUT2D eigenvalue weighted by Gasteiger charge is -2.40. The van der Waals surface area contributed by atoms with Gasteiger partial charge in [0.25, 0.3) is 0 Å². The Bertz CT molecular complexity index is 1480. The number of benzene rings is 1. The highest BCUT2D eigenvalue weighted by molar-refractivity contribution is 8.72. The number of ether oxygens (including phenoxy) is 2. The van der Waals surface area contributed by atoms with Crippen molar-refractivity contribution in [1.29, 1.82) is 0 Å². The normalized spacial score (nSPS) is 24.9. The number of aryl methyl sites for hydroxylation is 1. The molecule has 1 aromatic carbocycles. The van der Waals surface area contributed by atoms with Crippen LogP contribution in [0.4, 0.5) is 0 Å². The third-order valence-corrected chi connectivity index (χ3v) is 21.6. The van der Waals surface area contributed by atoms with Crippen LogP contribution in [0.5, 0.6) is 0 Å². The molecule has 1 fully saturated rings. The largest absolute Gasteiger partial charge is 0.414 e. The minimum atomic E-state index is -3.47. The first-order valence-electron chi connectivity index (χ1n) is 16.0. The van der Waals surface area contributed by atoms with Crippen molar-refractivity contribution in [2.24, 2.45) is 0 Å². The molecule has 0 N–H and O–H groups in total. The highest BCUT2D eigenvalue weighted by Crippen LogP contribution is 2.42. The van der Waals surface area contributed by atoms with Crippen LogP contribution in [0, 0.1) is 18.8 Å². The average molecular weight is 703 g/mol. The maximum Gasteiger partial charge on any atom is 0.232 e. The molecule has 0 bridgehead atoms. The number of hydrogen-bond donors (Lipinski definition) is 0. The topological polar surface area (TPSA) is 71.1 Å². The summed E-state index contributed by atoms with van der Waals surface area (Å²) in [6.07, 6.45) is 12.5. The molecule has 6 nitrogen and oxygen atoms in total. The fraction of sp³-hybridized carbons (Fsp3) is 0.556. The molecule has 254 valence electrons. The minimum Gasteiger partial charge on any atom is -0.414 e. The molecule has 2 aliphatic rings. The van der Waals surface area contributed by atoms with E-state index in [2.05, 4.69) is 91.7 Å². The Morgan fingerprint density at radius 1 is 0.935 bits per heavy atom. The van der Waals surface area contributed by atoms with Crippen molar-refractivity contribution in [1.82, 2.24) is 0 Å². The van der Waals surface area contributed by atoms with Crippen LogP contribution >= 0.6 is 10.8 Å². The summed E-state index contributed by atoms with van der Waals surface area (Å²) < 4.78 is 50.8. The van der Waals surface area contributed by atoms with Crippen molar-refractivity contribution in [3.63, 3.8) is 0 Å². The molecular formula is C36H54O6S2Si2. The van der Waals surface area contributed by atoms with E-state index in [1.54, 1.807) is 24.3 Å². The second-order valence-corrected chi connectivity index (χ2v) is 28.5. The average Bonchev–Trinajstić information content (AvgIpc) is 3.31. The van der Waals surface area contributed by atoms with Crippen molar-refractivity contribution in [2.75, 3.05) is 19.2 Å². The fourth-order valence-corrected chi connectivity index (χ4v) is 8.87. The second kappa shape index (κ2) is 15.7. The number of hydrogen-bond acceptors (Lipinski definition) is 7. The molecule has 1 saturated heterocycles. The lowest BCUT2D eigenvalue weighted by molar-refractivity contribution is -0.00563. The molecule has 46 heavy (non-hydrogen) atoms. The summed E-state index contributed by atoms with van der Waals surface area (Å²) in [5.74, 6) is 6.15. The monoisotopic (exact) mass is 702 g/mol. The molecule has 3 rings (SSSR count). The summed E-state index contributed by atoms with van der Waals surface area (Å²) in [7, 11) is -6.70. The van der Waals surface area contributed by atoms with E-state index >= 15 is 0 Å². The maximum atomic E-state index is 12.5. The molecule has 3 atom stereocenters. The molecular weight excluding hydrogens is 649 g/mol. The van der Waals surface area contributed by atoms with Crippen LogP contribution in [0.2, 0.25) is 36.3 Å². The molecule has 3 unspecified atom stereocenters. The Kier molecular flexibility index (Phi) is 13.2. The van der Waals surface area contributed by atoms with Gasteiger partial charge in [0.1, 0.15) is 18.6 Å². The zero-order valence-electron chi connectivity index (χ0n) is 29.6. The van der Waals surface area contributed by atoms with E-state index in [0.29, 0.717) is 6.61 Å². The van der Waals surface area contributed by atoms with Crippen molar-refractivity contribution < 1.29 is 26.7 Å². The Morgan fingerprint density at radius 2 is 1.57 bits per heavy atom. The first-order chi connectivity index (χ1) is 21.2. The van der Waals surface area contributed by atoms with Crippen LogP contribution in [-0.4, -0.2) is 62.5 Å². The standard InChI is InChI=1S/C36H54O6S2Si2/c1-28-18-22-31(23-19-28)44(37,38)43-27-39-24-14-16-29-15-12-13-17-30(21-20-29)32-25-33(42-46(10,11)36(5,6)7)34(41-32)26-40-45(8,9)35(2,3)4/h12-13,15,17-23,32-34H,24-27H2,1-11H3/b13-12-,15-12?,17-13?,21-20-,29-15-,29-20?,30-17+,30-21?. The van der Waals surface area contributed by atoms with Gasteiger partial charge in [-0.1, -0.05) is 95.4 Å². The van der Waals surface area contributed by atoms with Gasteiger partial charge in [-0.15, -0.1) is 0 Å². The zero-order chi connectivity index (χ0) is 34.4. The molecule has 1 aromatic rings. The van der Waals surface area contributed by atoms with Gasteiger partial charge in [-0.25, -0.2) is 8.42 Å². The van der Waals surface area contributed by atoms with E-state index in [1.807, 2.05) is 31.2 Å². The van der Waals surface area contributed by atoms with Crippen LogP contribution in [0.25, 0.3) is 0 Å². The highest BCUT2D eigenvalue weighted by atomic mass is 33.1. The maximum absolute atomic E-state index is 12.5. The van der Waals surface area contributed by atoms with Gasteiger partial charge < -0.3 is 18.3 Å². The van der Waals surface area contributed by atoms with Crippen molar-refractivity contribution in [3.8, 4) is 11.8 Å². The lowest BCUT2D eigenvalue weighted by atomic mass is 10.0. The van der Waals surface area contributed by atoms with E-state index in [-0.39, 0.29) is 45.8 Å². The van der Waals surface area contributed by atoms with Crippen molar-refractivity contribution in [3.05, 3.63) is 77.4 Å². The van der Waals surface area contributed by atoms with Crippen LogP contribution in [0.3, 0.4) is 0 Å². The summed E-state index contributed by atoms with van der Waals surface area (Å²) in [6.45, 7) is 25.3. The molecule has 10 heteroatoms. The molecule has 1 aliphatic heterocycles. The molecule has 0 amide bonds. The van der Waals surface area contributed by atoms with E-state index in [0.717, 1.165) is 33.9 Å². The van der Waals surface area contributed by atoms with Crippen LogP contribution in [0.15, 0.2) is 76.8 Å². The van der Waals surface area contributed by atoms with Gasteiger partial charge in [-0.2, -0.15) is 0 Å². The Hall–Kier alpha value is -1.69. The van der Waals surface area contributed by atoms with E-state index < -0.39 is 25.5 Å². The minimum absolute atomic E-state index is 0.00397. The lowest BCUT2D eigenvalue weighted by Crippen LogP contribution is -2.48. The van der Waals surface area contributed by atoms with Crippen LogP contribution in [0.1, 0.15) is 53.5 Å². The third kappa shape index (κ3) is 10.9. The van der Waals surface area contributed by atoms with E-state index in [4.69, 9.17) is 18.3 Å². The Balaban J connectivity index is 1.63. The second-order valence-electron chi connectivity index (χ2n) is 15.0. The molecule has 1 aliphatic carbocycles. The quantitative estimate of drug-likeness (QED) is 0.0750. The Morgan fingerprint density at radius 3 is 2.20 bits per heavy atom. The predicted octanol–water partition coefficient (Wildman–Crippen LogP) is 8.94. The van der Waals surface area contributed by atoms with Crippen molar-refractivity contribution >= 4 is 36.3 Å². The summed E-state index contributed by atoms with van der Waals surface area (Å²) in [4.78, 5) is 0.275. The smallest absolute Gasteiger partial charge is 0.232 e. The number of allylic oxidation sites excluding steroid dienone is 6. The van der Waals surface area contributed by atoms with Gasteiger partial charge in [0.2, 0.25) is 8.87 Å². The summed E-state index contributed by atoms with van der Waals surface area (Å²) >= 11 is 0. The molecule has 0 radical (unpaired) electrons. The summed E-state index contributed by atoms with van der Waals surface area (Å²) in [6, 6.07) is 6.80. The van der Waals surface area contributed by atoms with E-state index in [1.165, 1.54) is 0 Å². The first-order valence-corrected chi connectivity index (χ1v) is 24.8. The number of rotatable bonds is 11. The zero-order valence-corrected chi connectivity index (χ0v) is 33.2. The van der Waals surface area contributed by atoms with Crippen molar-refractivity contribution in [2.45, 2.75) is 114 Å². The first kappa shape index (κ1) is 38.8. The van der Waals surface area contributed by atoms with Crippen LogP contribution in [-0.2, 0) is 27.2 Å². The molecule has 0 saturated carbocycles. The van der Waals surface area contributed by atoms with Crippen LogP contribution < -0.4 is 0 Å². The molecule has 0 spiro atoms. The SMILES string of the molecule is Cc1ccc(S(=O)(=O)SCOCC#CC2=C/C=C\C=C(C3CC(O[Si](C)(C)C(C)(C)C)C(CO[Si](C)(C)C(C)(C)C)O3)/C=C\2)cc1. The third-order valence-electron chi connectivity index (χ3n) is 9.37. The highest BCUT2D eigenvalue weighted by Gasteiger charge is 2.46. The molecule has 0 aromatic heterocycles. The van der Waals surface area contributed by atoms with Gasteiger partial charge >= 0.3 is 0 Å². The summed E-state index contributed by atoms with van der Waals surface area (Å²) in [5, 5.41) is 0.206. The Labute approximate surface area is 284 Å². The predicted molar refractivity (Wildman–Crippen MR) is 197 cm³/mol. The van der Waals surface area contributed by atoms with Gasteiger partial charge in [-0.05, 0) is 73.0 Å². The summed E-state index contributed by atoms with van der Waals surface area (Å²) in [5.41, 5.74) is 2.91. The van der Waals surface area contributed by atoms with E-state index in [9.17, 15) is 8.42 Å². The van der Waals surface area contributed by atoms with Gasteiger partial charge in [0, 0.05) is 22.8 Å². The van der Waals surface area contributed by atoms with Gasteiger partial charge in [-0.3, -0.25) is 0 Å². The van der Waals surface area contributed by atoms with Gasteiger partial charge in [0.15, 0.2) is 16.6 Å². The fourth-order valence-electron chi connectivity index (χ4n) is 4.29. The van der Waals surface area contributed by atoms with Gasteiger partial charge in [0.05, 0.1) is 23.7 Å². The molecule has 1 heterocycles.